The van der Waals surface area contributed by atoms with Crippen molar-refractivity contribution in [3.8, 4) is 0 Å². The van der Waals surface area contributed by atoms with Crippen LogP contribution in [0.15, 0.2) is 44.1 Å². The van der Waals surface area contributed by atoms with Crippen molar-refractivity contribution in [2.24, 2.45) is 5.92 Å². The molecule has 29 heavy (non-hydrogen) atoms. The van der Waals surface area contributed by atoms with Gasteiger partial charge in [-0.1, -0.05) is 23.4 Å². The molecule has 2 aromatic heterocycles. The number of piperidine rings is 1. The summed E-state index contributed by atoms with van der Waals surface area (Å²) in [5.41, 5.74) is -0.192. The number of benzene rings is 1. The van der Waals surface area contributed by atoms with Crippen LogP contribution in [-0.4, -0.2) is 39.9 Å². The van der Waals surface area contributed by atoms with E-state index in [1.807, 2.05) is 6.07 Å². The molecule has 1 aliphatic rings. The number of aryl methyl sites for hydroxylation is 1. The zero-order valence-corrected chi connectivity index (χ0v) is 15.9. The zero-order valence-electron chi connectivity index (χ0n) is 15.9. The quantitative estimate of drug-likeness (QED) is 0.666. The first-order valence-electron chi connectivity index (χ1n) is 9.40. The van der Waals surface area contributed by atoms with Crippen molar-refractivity contribution >= 4 is 22.8 Å². The number of rotatable bonds is 4. The van der Waals surface area contributed by atoms with Gasteiger partial charge in [0, 0.05) is 24.4 Å². The summed E-state index contributed by atoms with van der Waals surface area (Å²) in [6.45, 7) is 2.67. The van der Waals surface area contributed by atoms with E-state index in [0.29, 0.717) is 48.6 Å². The van der Waals surface area contributed by atoms with E-state index in [9.17, 15) is 14.4 Å². The fraction of sp³-hybridized carbons (Fsp3) is 0.350. The van der Waals surface area contributed by atoms with E-state index >= 15 is 0 Å². The molecule has 3 heterocycles. The van der Waals surface area contributed by atoms with Crippen LogP contribution in [0, 0.1) is 12.8 Å². The number of nitrogens with one attached hydrogen (secondary N) is 1. The number of hydrogen-bond acceptors (Lipinski definition) is 7. The number of nitrogens with zero attached hydrogens (tertiary/aromatic N) is 3. The van der Waals surface area contributed by atoms with Gasteiger partial charge in [0.15, 0.2) is 5.82 Å². The lowest BCUT2D eigenvalue weighted by atomic mass is 9.95. The first-order chi connectivity index (χ1) is 14.0. The largest absolute Gasteiger partial charge is 0.422 e. The van der Waals surface area contributed by atoms with E-state index < -0.39 is 5.63 Å². The molecule has 0 spiro atoms. The Morgan fingerprint density at radius 1 is 1.24 bits per heavy atom. The van der Waals surface area contributed by atoms with Gasteiger partial charge in [0.25, 0.3) is 5.91 Å². The second-order valence-corrected chi connectivity index (χ2v) is 7.00. The van der Waals surface area contributed by atoms with Crippen LogP contribution in [0.2, 0.25) is 0 Å². The fourth-order valence-corrected chi connectivity index (χ4v) is 3.45. The Balaban J connectivity index is 1.36. The highest BCUT2D eigenvalue weighted by Crippen LogP contribution is 2.20. The SMILES string of the molecule is Cc1noc(CNC(=O)C2CCN(C(=O)c3cc4ccccc4oc3=O)CC2)n1. The van der Waals surface area contributed by atoms with Crippen molar-refractivity contribution in [3.05, 3.63) is 58.0 Å². The van der Waals surface area contributed by atoms with E-state index in [0.717, 1.165) is 0 Å². The number of hydrogen-bond donors (Lipinski definition) is 1. The van der Waals surface area contributed by atoms with Crippen LogP contribution >= 0.6 is 0 Å². The van der Waals surface area contributed by atoms with Crippen molar-refractivity contribution in [2.75, 3.05) is 13.1 Å². The smallest absolute Gasteiger partial charge is 0.349 e. The first-order valence-corrected chi connectivity index (χ1v) is 9.40. The van der Waals surface area contributed by atoms with Crippen molar-refractivity contribution < 1.29 is 18.5 Å². The summed E-state index contributed by atoms with van der Waals surface area (Å²) in [6.07, 6.45) is 1.03. The number of fused-ring (bicyclic) bond motifs is 1. The predicted octanol–water partition coefficient (Wildman–Crippen LogP) is 1.65. The third-order valence-electron chi connectivity index (χ3n) is 5.01. The Labute approximate surface area is 165 Å². The Kier molecular flexibility index (Phi) is 5.11. The normalized spacial score (nSPS) is 14.9. The Bertz CT molecular complexity index is 1110. The molecule has 9 nitrogen and oxygen atoms in total. The summed E-state index contributed by atoms with van der Waals surface area (Å²) in [5, 5.41) is 7.16. The molecule has 1 aromatic carbocycles. The van der Waals surface area contributed by atoms with E-state index in [-0.39, 0.29) is 29.8 Å². The third kappa shape index (κ3) is 4.03. The number of likely N-dealkylation sites (tertiary alicyclic amines) is 1. The number of para-hydroxylation sites is 1. The Morgan fingerprint density at radius 2 is 2.00 bits per heavy atom. The van der Waals surface area contributed by atoms with Gasteiger partial charge < -0.3 is 19.2 Å². The summed E-state index contributed by atoms with van der Waals surface area (Å²) in [7, 11) is 0. The minimum absolute atomic E-state index is 0.0124. The highest BCUT2D eigenvalue weighted by Gasteiger charge is 2.29. The van der Waals surface area contributed by atoms with Crippen molar-refractivity contribution in [1.29, 1.82) is 0 Å². The van der Waals surface area contributed by atoms with E-state index in [1.54, 1.807) is 36.1 Å². The van der Waals surface area contributed by atoms with Gasteiger partial charge in [-0.3, -0.25) is 9.59 Å². The highest BCUT2D eigenvalue weighted by molar-refractivity contribution is 5.96. The average molecular weight is 396 g/mol. The summed E-state index contributed by atoms with van der Waals surface area (Å²) in [4.78, 5) is 43.0. The first kappa shape index (κ1) is 18.9. The molecule has 0 radical (unpaired) electrons. The molecule has 0 bridgehead atoms. The van der Waals surface area contributed by atoms with Gasteiger partial charge >= 0.3 is 5.63 Å². The molecule has 1 saturated heterocycles. The van der Waals surface area contributed by atoms with E-state index in [2.05, 4.69) is 15.5 Å². The molecular formula is C20H20N4O5. The minimum Gasteiger partial charge on any atom is -0.422 e. The van der Waals surface area contributed by atoms with Crippen molar-refractivity contribution in [3.63, 3.8) is 0 Å². The molecule has 1 fully saturated rings. The standard InChI is InChI=1S/C20H20N4O5/c1-12-22-17(29-23-12)11-21-18(25)13-6-8-24(9-7-13)19(26)15-10-14-4-2-3-5-16(14)28-20(15)27/h2-5,10,13H,6-9,11H2,1H3,(H,21,25). The Morgan fingerprint density at radius 3 is 2.72 bits per heavy atom. The second-order valence-electron chi connectivity index (χ2n) is 7.00. The van der Waals surface area contributed by atoms with E-state index in [4.69, 9.17) is 8.94 Å². The fourth-order valence-electron chi connectivity index (χ4n) is 3.45. The number of amides is 2. The average Bonchev–Trinajstić information content (AvgIpc) is 3.16. The van der Waals surface area contributed by atoms with Crippen LogP contribution in [-0.2, 0) is 11.3 Å². The summed E-state index contributed by atoms with van der Waals surface area (Å²) in [5.74, 6) is 0.171. The number of aromatic nitrogens is 2. The van der Waals surface area contributed by atoms with Gasteiger partial charge in [-0.2, -0.15) is 4.98 Å². The molecule has 9 heteroatoms. The monoisotopic (exact) mass is 396 g/mol. The third-order valence-corrected chi connectivity index (χ3v) is 5.01. The predicted molar refractivity (Wildman–Crippen MR) is 102 cm³/mol. The van der Waals surface area contributed by atoms with Gasteiger partial charge in [-0.05, 0) is 31.9 Å². The maximum absolute atomic E-state index is 12.8. The number of carbonyl (C=O) groups is 2. The lowest BCUT2D eigenvalue weighted by Gasteiger charge is -2.31. The van der Waals surface area contributed by atoms with Gasteiger partial charge in [0.05, 0.1) is 6.54 Å². The number of carbonyl (C=O) groups excluding carboxylic acids is 2. The van der Waals surface area contributed by atoms with E-state index in [1.165, 1.54) is 0 Å². The second kappa shape index (κ2) is 7.86. The molecule has 0 atom stereocenters. The molecule has 2 amide bonds. The van der Waals surface area contributed by atoms with Gasteiger partial charge in [-0.15, -0.1) is 0 Å². The lowest BCUT2D eigenvalue weighted by Crippen LogP contribution is -2.43. The lowest BCUT2D eigenvalue weighted by molar-refractivity contribution is -0.126. The van der Waals surface area contributed by atoms with Crippen LogP contribution in [0.5, 0.6) is 0 Å². The zero-order chi connectivity index (χ0) is 20.4. The molecular weight excluding hydrogens is 376 g/mol. The minimum atomic E-state index is -0.650. The van der Waals surface area contributed by atoms with Crippen molar-refractivity contribution in [2.45, 2.75) is 26.3 Å². The maximum atomic E-state index is 12.8. The summed E-state index contributed by atoms with van der Waals surface area (Å²) >= 11 is 0. The van der Waals surface area contributed by atoms with Gasteiger partial charge in [0.1, 0.15) is 11.1 Å². The molecule has 1 aliphatic heterocycles. The highest BCUT2D eigenvalue weighted by atomic mass is 16.5. The summed E-state index contributed by atoms with van der Waals surface area (Å²) in [6, 6.07) is 8.62. The van der Waals surface area contributed by atoms with Crippen LogP contribution in [0.1, 0.15) is 34.9 Å². The van der Waals surface area contributed by atoms with Crippen LogP contribution in [0.4, 0.5) is 0 Å². The van der Waals surface area contributed by atoms with Crippen molar-refractivity contribution in [1.82, 2.24) is 20.4 Å². The van der Waals surface area contributed by atoms with Gasteiger partial charge in [-0.25, -0.2) is 4.79 Å². The molecule has 4 rings (SSSR count). The topological polar surface area (TPSA) is 119 Å². The summed E-state index contributed by atoms with van der Waals surface area (Å²) < 4.78 is 10.2. The maximum Gasteiger partial charge on any atom is 0.349 e. The van der Waals surface area contributed by atoms with Gasteiger partial charge in [0.2, 0.25) is 11.8 Å². The Hall–Kier alpha value is -3.49. The molecule has 1 N–H and O–H groups in total. The van der Waals surface area contributed by atoms with Crippen LogP contribution in [0.25, 0.3) is 11.0 Å². The molecule has 3 aromatic rings. The molecule has 150 valence electrons. The molecule has 0 aliphatic carbocycles. The van der Waals surface area contributed by atoms with Crippen LogP contribution < -0.4 is 10.9 Å². The van der Waals surface area contributed by atoms with Crippen LogP contribution in [0.3, 0.4) is 0 Å². The molecule has 0 unspecified atom stereocenters. The molecule has 0 saturated carbocycles.